The number of rotatable bonds is 3. The molecule has 0 aliphatic rings. The summed E-state index contributed by atoms with van der Waals surface area (Å²) in [6.07, 6.45) is 0. The fourth-order valence-electron chi connectivity index (χ4n) is 2.48. The highest BCUT2D eigenvalue weighted by atomic mass is 32.2. The molecule has 0 radical (unpaired) electrons. The quantitative estimate of drug-likeness (QED) is 0.264. The number of anilines is 1. The average Bonchev–Trinajstić information content (AvgIpc) is 2.59. The predicted octanol–water partition coefficient (Wildman–Crippen LogP) is 1.86. The first-order valence-electron chi connectivity index (χ1n) is 8.05. The van der Waals surface area contributed by atoms with Crippen molar-refractivity contribution >= 4 is 46.8 Å². The van der Waals surface area contributed by atoms with Crippen molar-refractivity contribution in [2.24, 2.45) is 0 Å². The molecule has 31 heavy (non-hydrogen) atoms. The van der Waals surface area contributed by atoms with Gasteiger partial charge in [-0.05, 0) is 42.6 Å². The Balaban J connectivity index is 0.000000262. The number of nitrogen functional groups attached to an aromatic ring is 1. The van der Waals surface area contributed by atoms with Gasteiger partial charge in [0.15, 0.2) is 0 Å². The van der Waals surface area contributed by atoms with E-state index in [1.165, 1.54) is 12.1 Å². The Morgan fingerprint density at radius 2 is 1.10 bits per heavy atom. The van der Waals surface area contributed by atoms with Crippen molar-refractivity contribution in [3.63, 3.8) is 0 Å². The van der Waals surface area contributed by atoms with Crippen LogP contribution in [0.5, 0.6) is 5.75 Å². The van der Waals surface area contributed by atoms with Crippen molar-refractivity contribution in [3.05, 3.63) is 54.1 Å². The number of aryl methyl sites for hydroxylation is 1. The Bertz CT molecular complexity index is 1390. The Morgan fingerprint density at radius 1 is 0.677 bits per heavy atom. The smallest absolute Gasteiger partial charge is 0.294 e. The van der Waals surface area contributed by atoms with E-state index in [1.807, 2.05) is 6.92 Å². The second-order valence-corrected chi connectivity index (χ2v) is 10.6. The lowest BCUT2D eigenvalue weighted by Gasteiger charge is -2.08. The average molecular weight is 492 g/mol. The summed E-state index contributed by atoms with van der Waals surface area (Å²) < 4.78 is 91.7. The van der Waals surface area contributed by atoms with Gasteiger partial charge in [0.25, 0.3) is 30.4 Å². The van der Waals surface area contributed by atoms with Gasteiger partial charge in [-0.1, -0.05) is 17.7 Å². The van der Waals surface area contributed by atoms with Crippen LogP contribution in [0.4, 0.5) is 5.69 Å². The fraction of sp³-hybridized carbons (Fsp3) is 0.0588. The zero-order valence-electron chi connectivity index (χ0n) is 15.7. The number of benzene rings is 3. The van der Waals surface area contributed by atoms with Crippen molar-refractivity contribution in [2.45, 2.75) is 21.6 Å². The second-order valence-electron chi connectivity index (χ2n) is 6.29. The van der Waals surface area contributed by atoms with Gasteiger partial charge in [-0.3, -0.25) is 13.7 Å². The van der Waals surface area contributed by atoms with E-state index < -0.39 is 45.9 Å². The van der Waals surface area contributed by atoms with Gasteiger partial charge < -0.3 is 10.8 Å². The molecule has 0 heterocycles. The minimum Gasteiger partial charge on any atom is -0.507 e. The van der Waals surface area contributed by atoms with Gasteiger partial charge in [0.1, 0.15) is 5.75 Å². The molecule has 0 aromatic heterocycles. The molecule has 0 fully saturated rings. The molecule has 0 aliphatic heterocycles. The third-order valence-electron chi connectivity index (χ3n) is 3.92. The molecule has 14 heteroatoms. The summed E-state index contributed by atoms with van der Waals surface area (Å²) in [6.45, 7) is 1.84. The van der Waals surface area contributed by atoms with Crippen LogP contribution < -0.4 is 5.73 Å². The van der Waals surface area contributed by atoms with Crippen LogP contribution in [0.15, 0.2) is 63.2 Å². The zero-order valence-corrected chi connectivity index (χ0v) is 18.1. The number of phenols is 1. The maximum atomic E-state index is 11.1. The first-order valence-corrected chi connectivity index (χ1v) is 12.4. The van der Waals surface area contributed by atoms with Crippen LogP contribution >= 0.6 is 0 Å². The molecule has 0 bridgehead atoms. The summed E-state index contributed by atoms with van der Waals surface area (Å²) >= 11 is 0. The summed E-state index contributed by atoms with van der Waals surface area (Å²) in [5, 5.41) is 9.66. The number of nitrogens with two attached hydrogens (primary N) is 1. The molecule has 0 spiro atoms. The minimum absolute atomic E-state index is 0.00444. The van der Waals surface area contributed by atoms with E-state index in [0.29, 0.717) is 0 Å². The maximum absolute atomic E-state index is 11.1. The Morgan fingerprint density at radius 3 is 1.52 bits per heavy atom. The van der Waals surface area contributed by atoms with E-state index in [0.717, 1.165) is 29.8 Å². The molecule has 0 aliphatic carbocycles. The van der Waals surface area contributed by atoms with Crippen LogP contribution in [0.2, 0.25) is 0 Å². The molecule has 3 aromatic carbocycles. The summed E-state index contributed by atoms with van der Waals surface area (Å²) in [7, 11) is -13.2. The Kier molecular flexibility index (Phi) is 6.65. The lowest BCUT2D eigenvalue weighted by Crippen LogP contribution is -2.02. The van der Waals surface area contributed by atoms with Gasteiger partial charge >= 0.3 is 0 Å². The molecule has 168 valence electrons. The topological polar surface area (TPSA) is 209 Å². The zero-order chi connectivity index (χ0) is 23.8. The van der Waals surface area contributed by atoms with Gasteiger partial charge in [0, 0.05) is 17.1 Å². The molecule has 6 N–H and O–H groups in total. The van der Waals surface area contributed by atoms with Crippen molar-refractivity contribution in [2.75, 3.05) is 5.73 Å². The number of phenolic OH excluding ortho intramolecular Hbond substituents is 1. The maximum Gasteiger partial charge on any atom is 0.294 e. The summed E-state index contributed by atoms with van der Waals surface area (Å²) in [4.78, 5) is -1.26. The normalized spacial score (nSPS) is 12.3. The minimum atomic E-state index is -4.59. The molecule has 0 unspecified atom stereocenters. The third-order valence-corrected chi connectivity index (χ3v) is 6.45. The van der Waals surface area contributed by atoms with E-state index in [4.69, 9.17) is 19.4 Å². The largest absolute Gasteiger partial charge is 0.507 e. The summed E-state index contributed by atoms with van der Waals surface area (Å²) in [6, 6.07) is 9.54. The van der Waals surface area contributed by atoms with E-state index in [9.17, 15) is 30.4 Å². The molecule has 0 atom stereocenters. The van der Waals surface area contributed by atoms with Gasteiger partial charge in [0.2, 0.25) is 0 Å². The van der Waals surface area contributed by atoms with Gasteiger partial charge in [-0.25, -0.2) is 0 Å². The number of fused-ring (bicyclic) bond motifs is 1. The monoisotopic (exact) mass is 491 g/mol. The van der Waals surface area contributed by atoms with E-state index in [-0.39, 0.29) is 21.4 Å². The van der Waals surface area contributed by atoms with Crippen LogP contribution in [-0.2, 0) is 30.4 Å². The lowest BCUT2D eigenvalue weighted by atomic mass is 10.1. The van der Waals surface area contributed by atoms with E-state index in [2.05, 4.69) is 0 Å². The van der Waals surface area contributed by atoms with Gasteiger partial charge in [0.05, 0.1) is 14.7 Å². The standard InChI is InChI=1S/C10H9NO7S2.C7H8O3S/c11-8-3-6(19(13,14)15)1-5-2-7(20(16,17)18)4-9(12)10(5)8;1-6-2-4-7(5-3-6)11(8,9)10/h1-4,12H,11H2,(H,13,14,15)(H,16,17,18);2-5H,1H3,(H,8,9,10). The number of hydrogen-bond donors (Lipinski definition) is 5. The van der Waals surface area contributed by atoms with E-state index >= 15 is 0 Å². The highest BCUT2D eigenvalue weighted by molar-refractivity contribution is 7.86. The molecule has 0 saturated heterocycles. The van der Waals surface area contributed by atoms with Crippen molar-refractivity contribution in [1.29, 1.82) is 0 Å². The molecule has 0 amide bonds. The van der Waals surface area contributed by atoms with Crippen molar-refractivity contribution in [1.82, 2.24) is 0 Å². The summed E-state index contributed by atoms with van der Waals surface area (Å²) in [5.41, 5.74) is 6.35. The second kappa shape index (κ2) is 8.41. The first-order chi connectivity index (χ1) is 14.0. The highest BCUT2D eigenvalue weighted by Crippen LogP contribution is 2.34. The van der Waals surface area contributed by atoms with Crippen LogP contribution in [0, 0.1) is 6.92 Å². The SMILES string of the molecule is Cc1ccc(S(=O)(=O)O)cc1.Nc1cc(S(=O)(=O)O)cc2cc(S(=O)(=O)O)cc(O)c12. The molecular weight excluding hydrogens is 474 g/mol. The molecule has 3 rings (SSSR count). The van der Waals surface area contributed by atoms with E-state index in [1.54, 1.807) is 12.1 Å². The fourth-order valence-corrected chi connectivity index (χ4v) is 4.05. The summed E-state index contributed by atoms with van der Waals surface area (Å²) in [5.74, 6) is -0.547. The van der Waals surface area contributed by atoms with Crippen LogP contribution in [0.1, 0.15) is 5.56 Å². The predicted molar refractivity (Wildman–Crippen MR) is 111 cm³/mol. The first kappa shape index (κ1) is 24.5. The molecule has 0 saturated carbocycles. The third kappa shape index (κ3) is 6.13. The number of aromatic hydroxyl groups is 1. The van der Waals surface area contributed by atoms with Gasteiger partial charge in [-0.2, -0.15) is 25.3 Å². The molecular formula is C17H17NO10S3. The Hall–Kier alpha value is -2.75. The van der Waals surface area contributed by atoms with Crippen LogP contribution in [0.3, 0.4) is 0 Å². The van der Waals surface area contributed by atoms with Gasteiger partial charge in [-0.15, -0.1) is 0 Å². The molecule has 3 aromatic rings. The lowest BCUT2D eigenvalue weighted by molar-refractivity contribution is 0.471. The Labute approximate surface area is 178 Å². The van der Waals surface area contributed by atoms with Crippen LogP contribution in [0.25, 0.3) is 10.8 Å². The highest BCUT2D eigenvalue weighted by Gasteiger charge is 2.18. The number of hydrogen-bond acceptors (Lipinski definition) is 8. The van der Waals surface area contributed by atoms with Crippen molar-refractivity contribution in [3.8, 4) is 5.75 Å². The molecule has 11 nitrogen and oxygen atoms in total. The van der Waals surface area contributed by atoms with Crippen LogP contribution in [-0.4, -0.2) is 44.0 Å². The van der Waals surface area contributed by atoms with Crippen molar-refractivity contribution < 1.29 is 44.0 Å².